The van der Waals surface area contributed by atoms with Crippen LogP contribution in [0.2, 0.25) is 0 Å². The fourth-order valence-electron chi connectivity index (χ4n) is 3.06. The van der Waals surface area contributed by atoms with E-state index in [-0.39, 0.29) is 0 Å². The average Bonchev–Trinajstić information content (AvgIpc) is 3.12. The highest BCUT2D eigenvalue weighted by Crippen LogP contribution is 2.21. The van der Waals surface area contributed by atoms with Crippen molar-refractivity contribution >= 4 is 12.2 Å². The van der Waals surface area contributed by atoms with Gasteiger partial charge in [0.1, 0.15) is 12.4 Å². The van der Waals surface area contributed by atoms with Gasteiger partial charge in [-0.25, -0.2) is 9.77 Å². The minimum atomic E-state index is 0.495. The summed E-state index contributed by atoms with van der Waals surface area (Å²) in [5.74, 6) is 1.54. The van der Waals surface area contributed by atoms with Crippen molar-refractivity contribution in [2.45, 2.75) is 20.1 Å². The first-order chi connectivity index (χ1) is 14.2. The molecular formula is C22H21N5OS. The van der Waals surface area contributed by atoms with Crippen LogP contribution in [0.5, 0.6) is 5.75 Å². The Kier molecular flexibility index (Phi) is 5.67. The van der Waals surface area contributed by atoms with Crippen LogP contribution in [0.15, 0.2) is 73.1 Å². The van der Waals surface area contributed by atoms with Gasteiger partial charge in [-0.3, -0.25) is 4.98 Å². The van der Waals surface area contributed by atoms with E-state index in [4.69, 9.17) is 17.0 Å². The summed E-state index contributed by atoms with van der Waals surface area (Å²) >= 11 is 5.38. The Hall–Kier alpha value is -3.45. The molecule has 7 heteroatoms. The van der Waals surface area contributed by atoms with Crippen LogP contribution >= 0.6 is 12.2 Å². The zero-order chi connectivity index (χ0) is 20.1. The Morgan fingerprint density at radius 2 is 1.90 bits per heavy atom. The number of hydrogen-bond donors (Lipinski definition) is 2. The van der Waals surface area contributed by atoms with Gasteiger partial charge in [-0.1, -0.05) is 48.0 Å². The Bertz CT molecular complexity index is 1150. The molecule has 0 atom stereocenters. The second kappa shape index (κ2) is 8.70. The molecule has 0 amide bonds. The minimum Gasteiger partial charge on any atom is -0.489 e. The Balaban J connectivity index is 1.50. The van der Waals surface area contributed by atoms with Crippen molar-refractivity contribution in [3.8, 4) is 17.1 Å². The largest absolute Gasteiger partial charge is 0.489 e. The molecular weight excluding hydrogens is 382 g/mol. The van der Waals surface area contributed by atoms with Crippen molar-refractivity contribution in [1.82, 2.24) is 19.9 Å². The Labute approximate surface area is 174 Å². The molecule has 0 aliphatic heterocycles. The number of nitrogens with one attached hydrogen (secondary N) is 2. The molecule has 0 spiro atoms. The summed E-state index contributed by atoms with van der Waals surface area (Å²) in [4.78, 5) is 4.05. The van der Waals surface area contributed by atoms with Gasteiger partial charge in [0.05, 0.1) is 6.54 Å². The summed E-state index contributed by atoms with van der Waals surface area (Å²) in [7, 11) is 0. The third-order valence-electron chi connectivity index (χ3n) is 4.49. The molecule has 29 heavy (non-hydrogen) atoms. The van der Waals surface area contributed by atoms with Crippen LogP contribution in [0.4, 0.5) is 0 Å². The van der Waals surface area contributed by atoms with E-state index in [1.807, 2.05) is 42.5 Å². The van der Waals surface area contributed by atoms with E-state index >= 15 is 0 Å². The summed E-state index contributed by atoms with van der Waals surface area (Å²) in [6.07, 6.45) is 3.46. The number of hydrogen-bond acceptors (Lipinski definition) is 5. The molecule has 4 rings (SSSR count). The van der Waals surface area contributed by atoms with E-state index in [2.05, 4.69) is 45.7 Å². The van der Waals surface area contributed by atoms with Crippen LogP contribution in [0.1, 0.15) is 16.7 Å². The van der Waals surface area contributed by atoms with Gasteiger partial charge in [-0.05, 0) is 42.9 Å². The van der Waals surface area contributed by atoms with Gasteiger partial charge < -0.3 is 10.2 Å². The number of para-hydroxylation sites is 1. The maximum Gasteiger partial charge on any atom is 0.214 e. The van der Waals surface area contributed by atoms with Gasteiger partial charge in [0, 0.05) is 23.5 Å². The molecule has 0 unspecified atom stereocenters. The topological polar surface area (TPSA) is 67.8 Å². The molecule has 0 saturated carbocycles. The third-order valence-corrected chi connectivity index (χ3v) is 4.76. The van der Waals surface area contributed by atoms with E-state index in [0.29, 0.717) is 23.7 Å². The van der Waals surface area contributed by atoms with Crippen LogP contribution in [0.3, 0.4) is 0 Å². The van der Waals surface area contributed by atoms with Gasteiger partial charge in [-0.15, -0.1) is 0 Å². The maximum atomic E-state index is 6.09. The number of ether oxygens (including phenoxy) is 1. The fraction of sp³-hybridized carbons (Fsp3) is 0.136. The molecule has 2 aromatic heterocycles. The molecule has 0 fully saturated rings. The lowest BCUT2D eigenvalue weighted by Crippen LogP contribution is -2.16. The molecule has 0 aliphatic rings. The van der Waals surface area contributed by atoms with E-state index in [0.717, 1.165) is 22.4 Å². The molecule has 2 aromatic carbocycles. The number of pyridine rings is 1. The Morgan fingerprint density at radius 1 is 1.07 bits per heavy atom. The molecule has 0 saturated heterocycles. The molecule has 0 aliphatic carbocycles. The molecule has 2 heterocycles. The number of rotatable bonds is 7. The molecule has 0 radical (unpaired) electrons. The normalized spacial score (nSPS) is 10.7. The molecule has 4 aromatic rings. The second-order valence-corrected chi connectivity index (χ2v) is 7.03. The third kappa shape index (κ3) is 4.52. The van der Waals surface area contributed by atoms with Gasteiger partial charge in [0.2, 0.25) is 4.77 Å². The number of aryl methyl sites for hydroxylation is 1. The average molecular weight is 404 g/mol. The number of aromatic amines is 1. The van der Waals surface area contributed by atoms with Crippen LogP contribution < -0.4 is 10.2 Å². The van der Waals surface area contributed by atoms with Crippen LogP contribution in [0.25, 0.3) is 11.4 Å². The second-order valence-electron chi connectivity index (χ2n) is 6.64. The van der Waals surface area contributed by atoms with E-state index in [1.54, 1.807) is 17.1 Å². The summed E-state index contributed by atoms with van der Waals surface area (Å²) in [5.41, 5.74) is 7.66. The lowest BCUT2D eigenvalue weighted by atomic mass is 10.1. The van der Waals surface area contributed by atoms with Crippen molar-refractivity contribution in [1.29, 1.82) is 0 Å². The first-order valence-electron chi connectivity index (χ1n) is 9.28. The lowest BCUT2D eigenvalue weighted by Gasteiger charge is -2.14. The van der Waals surface area contributed by atoms with Gasteiger partial charge >= 0.3 is 0 Å². The minimum absolute atomic E-state index is 0.495. The number of nitrogens with zero attached hydrogens (tertiary/aromatic N) is 3. The lowest BCUT2D eigenvalue weighted by molar-refractivity contribution is 0.303. The van der Waals surface area contributed by atoms with Crippen LogP contribution in [-0.2, 0) is 13.2 Å². The summed E-state index contributed by atoms with van der Waals surface area (Å²) < 4.78 is 8.35. The summed E-state index contributed by atoms with van der Waals surface area (Å²) in [5, 5.41) is 7.17. The SMILES string of the molecule is Cc1cccc(COc2ccccc2CNn2c(-c3ccncc3)n[nH]c2=S)c1. The number of aromatic nitrogens is 4. The Morgan fingerprint density at radius 3 is 2.72 bits per heavy atom. The predicted molar refractivity (Wildman–Crippen MR) is 116 cm³/mol. The molecule has 2 N–H and O–H groups in total. The highest BCUT2D eigenvalue weighted by molar-refractivity contribution is 7.71. The number of benzene rings is 2. The smallest absolute Gasteiger partial charge is 0.214 e. The van der Waals surface area contributed by atoms with Crippen LogP contribution in [0, 0.1) is 11.7 Å². The van der Waals surface area contributed by atoms with Crippen molar-refractivity contribution in [3.63, 3.8) is 0 Å². The van der Waals surface area contributed by atoms with Crippen molar-refractivity contribution in [2.75, 3.05) is 5.43 Å². The first kappa shape index (κ1) is 18.9. The quantitative estimate of drug-likeness (QED) is 0.440. The highest BCUT2D eigenvalue weighted by atomic mass is 32.1. The standard InChI is InChI=1S/C22H21N5OS/c1-16-5-4-6-17(13-16)15-28-20-8-3-2-7-19(20)14-24-27-21(25-26-22(27)29)18-9-11-23-12-10-18/h2-13,24H,14-15H2,1H3,(H,26,29). The number of H-pyrrole nitrogens is 1. The first-order valence-corrected chi connectivity index (χ1v) is 9.69. The van der Waals surface area contributed by atoms with Gasteiger partial charge in [0.25, 0.3) is 0 Å². The predicted octanol–water partition coefficient (Wildman–Crippen LogP) is 4.63. The van der Waals surface area contributed by atoms with Crippen molar-refractivity contribution in [3.05, 3.63) is 94.5 Å². The van der Waals surface area contributed by atoms with E-state index in [9.17, 15) is 0 Å². The van der Waals surface area contributed by atoms with Crippen LogP contribution in [-0.4, -0.2) is 19.9 Å². The van der Waals surface area contributed by atoms with Crippen molar-refractivity contribution < 1.29 is 4.74 Å². The van der Waals surface area contributed by atoms with Crippen molar-refractivity contribution in [2.24, 2.45) is 0 Å². The summed E-state index contributed by atoms with van der Waals surface area (Å²) in [6.45, 7) is 3.14. The highest BCUT2D eigenvalue weighted by Gasteiger charge is 2.10. The molecule has 146 valence electrons. The molecule has 0 bridgehead atoms. The van der Waals surface area contributed by atoms with E-state index in [1.165, 1.54) is 5.56 Å². The summed E-state index contributed by atoms with van der Waals surface area (Å²) in [6, 6.07) is 20.1. The zero-order valence-electron chi connectivity index (χ0n) is 16.0. The molecule has 6 nitrogen and oxygen atoms in total. The van der Waals surface area contributed by atoms with Gasteiger partial charge in [-0.2, -0.15) is 5.10 Å². The van der Waals surface area contributed by atoms with E-state index < -0.39 is 0 Å². The fourth-order valence-corrected chi connectivity index (χ4v) is 3.25. The van der Waals surface area contributed by atoms with Gasteiger partial charge in [0.15, 0.2) is 5.82 Å². The zero-order valence-corrected chi connectivity index (χ0v) is 16.8. The monoisotopic (exact) mass is 403 g/mol. The maximum absolute atomic E-state index is 6.09.